The van der Waals surface area contributed by atoms with Crippen LogP contribution in [0.15, 0.2) is 12.3 Å². The van der Waals surface area contributed by atoms with Crippen LogP contribution in [0.4, 0.5) is 11.5 Å². The average Bonchev–Trinajstić information content (AvgIpc) is 2.92. The van der Waals surface area contributed by atoms with Gasteiger partial charge in [0.05, 0.1) is 10.5 Å². The zero-order valence-electron chi connectivity index (χ0n) is 11.6. The molecule has 2 heterocycles. The van der Waals surface area contributed by atoms with Crippen molar-refractivity contribution in [2.45, 2.75) is 25.3 Å². The molecule has 1 aliphatic heterocycles. The molecule has 3 unspecified atom stereocenters. The van der Waals surface area contributed by atoms with E-state index in [1.54, 1.807) is 0 Å². The van der Waals surface area contributed by atoms with Crippen LogP contribution in [-0.2, 0) is 0 Å². The fraction of sp³-hybridized carbons (Fsp3) is 0.571. The number of nitriles is 1. The van der Waals surface area contributed by atoms with E-state index in [4.69, 9.17) is 11.0 Å². The second-order valence-electron chi connectivity index (χ2n) is 5.86. The summed E-state index contributed by atoms with van der Waals surface area (Å²) in [5.41, 5.74) is 6.29. The van der Waals surface area contributed by atoms with E-state index in [1.165, 1.54) is 12.3 Å². The number of hydrogen-bond donors (Lipinski definition) is 1. The van der Waals surface area contributed by atoms with E-state index in [-0.39, 0.29) is 17.3 Å². The summed E-state index contributed by atoms with van der Waals surface area (Å²) < 4.78 is 0. The Bertz CT molecular complexity index is 612. The first-order valence-corrected chi connectivity index (χ1v) is 7.15. The molecule has 2 N–H and O–H groups in total. The molecule has 1 aromatic heterocycles. The quantitative estimate of drug-likeness (QED) is 0.651. The highest BCUT2D eigenvalue weighted by molar-refractivity contribution is 5.60. The maximum Gasteiger partial charge on any atom is 0.312 e. The number of nitrogens with zero attached hydrogens (tertiary/aromatic N) is 4. The Hall–Kier alpha value is -2.20. The minimum atomic E-state index is -0.467. The van der Waals surface area contributed by atoms with Crippen molar-refractivity contribution in [3.63, 3.8) is 0 Å². The molecule has 0 amide bonds. The normalized spacial score (nSPS) is 28.0. The van der Waals surface area contributed by atoms with Crippen LogP contribution in [0.3, 0.4) is 0 Å². The van der Waals surface area contributed by atoms with Gasteiger partial charge in [-0.25, -0.2) is 4.98 Å². The fourth-order valence-corrected chi connectivity index (χ4v) is 3.57. The summed E-state index contributed by atoms with van der Waals surface area (Å²) >= 11 is 0. The van der Waals surface area contributed by atoms with Crippen LogP contribution in [0, 0.1) is 33.3 Å². The van der Waals surface area contributed by atoms with E-state index in [2.05, 4.69) is 4.98 Å². The molecular weight excluding hydrogens is 270 g/mol. The highest BCUT2D eigenvalue weighted by atomic mass is 16.6. The molecule has 21 heavy (non-hydrogen) atoms. The summed E-state index contributed by atoms with van der Waals surface area (Å²) in [4.78, 5) is 16.9. The Kier molecular flexibility index (Phi) is 3.47. The van der Waals surface area contributed by atoms with Gasteiger partial charge >= 0.3 is 5.69 Å². The van der Waals surface area contributed by atoms with Crippen molar-refractivity contribution in [1.82, 2.24) is 4.98 Å². The molecule has 2 aliphatic rings. The molecule has 3 rings (SSSR count). The van der Waals surface area contributed by atoms with Gasteiger partial charge in [0, 0.05) is 31.4 Å². The number of rotatable bonds is 2. The predicted molar refractivity (Wildman–Crippen MR) is 76.6 cm³/mol. The van der Waals surface area contributed by atoms with Crippen LogP contribution >= 0.6 is 0 Å². The van der Waals surface area contributed by atoms with Gasteiger partial charge in [-0.2, -0.15) is 5.26 Å². The Morgan fingerprint density at radius 1 is 1.48 bits per heavy atom. The number of hydrogen-bond acceptors (Lipinski definition) is 6. The third-order valence-corrected chi connectivity index (χ3v) is 4.63. The van der Waals surface area contributed by atoms with E-state index < -0.39 is 4.92 Å². The smallest absolute Gasteiger partial charge is 0.312 e. The molecule has 0 spiro atoms. The summed E-state index contributed by atoms with van der Waals surface area (Å²) in [6.45, 7) is 1.48. The van der Waals surface area contributed by atoms with E-state index >= 15 is 0 Å². The van der Waals surface area contributed by atoms with Gasteiger partial charge in [0.15, 0.2) is 0 Å². The second kappa shape index (κ2) is 5.30. The van der Waals surface area contributed by atoms with Crippen molar-refractivity contribution < 1.29 is 4.92 Å². The van der Waals surface area contributed by atoms with Gasteiger partial charge < -0.3 is 10.6 Å². The monoisotopic (exact) mass is 287 g/mol. The Labute approximate surface area is 122 Å². The molecule has 1 aliphatic carbocycles. The molecule has 2 fully saturated rings. The molecule has 0 aromatic carbocycles. The van der Waals surface area contributed by atoms with E-state index in [1.807, 2.05) is 11.0 Å². The summed E-state index contributed by atoms with van der Waals surface area (Å²) in [6.07, 6.45) is 4.67. The standard InChI is InChI=1S/C14H17N5O2/c15-5-9-4-13(19(20)21)14(17-6-9)18-7-10-2-1-3-12(16)11(10)8-18/h4,6,10-12H,1-3,7-8,16H2. The summed E-state index contributed by atoms with van der Waals surface area (Å²) in [7, 11) is 0. The van der Waals surface area contributed by atoms with Crippen molar-refractivity contribution >= 4 is 11.5 Å². The summed E-state index contributed by atoms with van der Waals surface area (Å²) in [5, 5.41) is 20.1. The van der Waals surface area contributed by atoms with E-state index in [9.17, 15) is 10.1 Å². The Morgan fingerprint density at radius 2 is 2.29 bits per heavy atom. The summed E-state index contributed by atoms with van der Waals surface area (Å²) in [5.74, 6) is 1.24. The van der Waals surface area contributed by atoms with Gasteiger partial charge in [-0.3, -0.25) is 10.1 Å². The van der Waals surface area contributed by atoms with Crippen LogP contribution in [0.25, 0.3) is 0 Å². The zero-order valence-corrected chi connectivity index (χ0v) is 11.6. The average molecular weight is 287 g/mol. The lowest BCUT2D eigenvalue weighted by atomic mass is 9.78. The largest absolute Gasteiger partial charge is 0.350 e. The Balaban J connectivity index is 1.91. The highest BCUT2D eigenvalue weighted by Gasteiger charge is 2.40. The number of anilines is 1. The minimum absolute atomic E-state index is 0.0960. The molecule has 1 aromatic rings. The van der Waals surface area contributed by atoms with Crippen molar-refractivity contribution in [2.75, 3.05) is 18.0 Å². The predicted octanol–water partition coefficient (Wildman–Crippen LogP) is 1.43. The van der Waals surface area contributed by atoms with Gasteiger partial charge in [0.25, 0.3) is 0 Å². The number of aromatic nitrogens is 1. The van der Waals surface area contributed by atoms with E-state index in [0.29, 0.717) is 24.2 Å². The molecule has 7 heteroatoms. The van der Waals surface area contributed by atoms with Crippen molar-refractivity contribution in [3.8, 4) is 6.07 Å². The van der Waals surface area contributed by atoms with Gasteiger partial charge in [0.2, 0.25) is 5.82 Å². The second-order valence-corrected chi connectivity index (χ2v) is 5.86. The number of nitro groups is 1. The molecule has 0 bridgehead atoms. The number of fused-ring (bicyclic) bond motifs is 1. The molecule has 0 radical (unpaired) electrons. The molecule has 1 saturated heterocycles. The first-order chi connectivity index (χ1) is 10.1. The van der Waals surface area contributed by atoms with Crippen LogP contribution in [0.1, 0.15) is 24.8 Å². The lowest BCUT2D eigenvalue weighted by Crippen LogP contribution is -2.38. The fourth-order valence-electron chi connectivity index (χ4n) is 3.57. The van der Waals surface area contributed by atoms with Crippen LogP contribution in [0.5, 0.6) is 0 Å². The maximum atomic E-state index is 11.2. The van der Waals surface area contributed by atoms with Crippen LogP contribution in [0.2, 0.25) is 0 Å². The molecule has 1 saturated carbocycles. The topological polar surface area (TPSA) is 109 Å². The molecule has 110 valence electrons. The van der Waals surface area contributed by atoms with Crippen LogP contribution in [-0.4, -0.2) is 29.0 Å². The van der Waals surface area contributed by atoms with Gasteiger partial charge in [-0.1, -0.05) is 6.42 Å². The third-order valence-electron chi connectivity index (χ3n) is 4.63. The van der Waals surface area contributed by atoms with Crippen molar-refractivity contribution in [2.24, 2.45) is 17.6 Å². The van der Waals surface area contributed by atoms with Gasteiger partial charge in [-0.05, 0) is 24.7 Å². The maximum absolute atomic E-state index is 11.2. The highest BCUT2D eigenvalue weighted by Crippen LogP contribution is 2.39. The molecule has 7 nitrogen and oxygen atoms in total. The first-order valence-electron chi connectivity index (χ1n) is 7.15. The lowest BCUT2D eigenvalue weighted by Gasteiger charge is -2.29. The third kappa shape index (κ3) is 2.43. The van der Waals surface area contributed by atoms with Gasteiger partial charge in [-0.15, -0.1) is 0 Å². The van der Waals surface area contributed by atoms with Crippen molar-refractivity contribution in [1.29, 1.82) is 5.26 Å². The van der Waals surface area contributed by atoms with E-state index in [0.717, 1.165) is 25.8 Å². The molecule has 3 atom stereocenters. The number of pyridine rings is 1. The SMILES string of the molecule is N#Cc1cnc(N2CC3CCCC(N)C3C2)c([N+](=O)[O-])c1. The minimum Gasteiger partial charge on any atom is -0.350 e. The van der Waals surface area contributed by atoms with Crippen LogP contribution < -0.4 is 10.6 Å². The molecular formula is C14H17N5O2. The van der Waals surface area contributed by atoms with Gasteiger partial charge in [0.1, 0.15) is 6.07 Å². The zero-order chi connectivity index (χ0) is 15.0. The summed E-state index contributed by atoms with van der Waals surface area (Å²) in [6, 6.07) is 3.36. The first kappa shape index (κ1) is 13.8. The lowest BCUT2D eigenvalue weighted by molar-refractivity contribution is -0.384. The van der Waals surface area contributed by atoms with Crippen molar-refractivity contribution in [3.05, 3.63) is 27.9 Å². The Morgan fingerprint density at radius 3 is 2.95 bits per heavy atom. The number of nitrogens with two attached hydrogens (primary N) is 1.